The van der Waals surface area contributed by atoms with E-state index in [0.29, 0.717) is 23.3 Å². The lowest BCUT2D eigenvalue weighted by Gasteiger charge is -2.26. The SMILES string of the molecule is CCCOC1CCCN(C(=O)C2CC23CCNCC3)CC1. The van der Waals surface area contributed by atoms with Gasteiger partial charge in [0.05, 0.1) is 6.10 Å². The predicted molar refractivity (Wildman–Crippen MR) is 83.1 cm³/mol. The molecule has 1 spiro atoms. The molecule has 3 rings (SSSR count). The fraction of sp³-hybridized carbons (Fsp3) is 0.941. The minimum absolute atomic E-state index is 0.327. The second-order valence-electron chi connectivity index (χ2n) is 7.12. The molecule has 4 heteroatoms. The topological polar surface area (TPSA) is 41.6 Å². The van der Waals surface area contributed by atoms with Crippen LogP contribution in [0.2, 0.25) is 0 Å². The van der Waals surface area contributed by atoms with E-state index in [1.807, 2.05) is 0 Å². The van der Waals surface area contributed by atoms with E-state index in [0.717, 1.165) is 64.9 Å². The summed E-state index contributed by atoms with van der Waals surface area (Å²) in [7, 11) is 0. The van der Waals surface area contributed by atoms with Crippen molar-refractivity contribution < 1.29 is 9.53 Å². The Bertz CT molecular complexity index is 366. The first-order valence-corrected chi connectivity index (χ1v) is 8.86. The van der Waals surface area contributed by atoms with Crippen molar-refractivity contribution in [1.29, 1.82) is 0 Å². The summed E-state index contributed by atoms with van der Waals surface area (Å²) in [6.45, 7) is 7.04. The average molecular weight is 294 g/mol. The van der Waals surface area contributed by atoms with Crippen LogP contribution in [0.5, 0.6) is 0 Å². The molecule has 0 aromatic heterocycles. The van der Waals surface area contributed by atoms with Crippen molar-refractivity contribution in [2.75, 3.05) is 32.8 Å². The van der Waals surface area contributed by atoms with Crippen LogP contribution in [0.25, 0.3) is 0 Å². The van der Waals surface area contributed by atoms with E-state index in [9.17, 15) is 4.79 Å². The summed E-state index contributed by atoms with van der Waals surface area (Å²) >= 11 is 0. The first-order chi connectivity index (χ1) is 10.2. The zero-order chi connectivity index (χ0) is 14.7. The number of amides is 1. The Hall–Kier alpha value is -0.610. The van der Waals surface area contributed by atoms with Crippen LogP contribution in [0.15, 0.2) is 0 Å². The molecule has 120 valence electrons. The van der Waals surface area contributed by atoms with E-state index in [2.05, 4.69) is 17.1 Å². The van der Waals surface area contributed by atoms with Crippen molar-refractivity contribution in [3.8, 4) is 0 Å². The van der Waals surface area contributed by atoms with Gasteiger partial charge in [0.1, 0.15) is 0 Å². The smallest absolute Gasteiger partial charge is 0.226 e. The van der Waals surface area contributed by atoms with E-state index in [1.54, 1.807) is 0 Å². The second-order valence-corrected chi connectivity index (χ2v) is 7.12. The number of hydrogen-bond donors (Lipinski definition) is 1. The summed E-state index contributed by atoms with van der Waals surface area (Å²) in [6.07, 6.45) is 8.21. The highest BCUT2D eigenvalue weighted by atomic mass is 16.5. The molecule has 4 nitrogen and oxygen atoms in total. The number of likely N-dealkylation sites (tertiary alicyclic amines) is 1. The highest BCUT2D eigenvalue weighted by molar-refractivity contribution is 5.82. The van der Waals surface area contributed by atoms with E-state index in [4.69, 9.17) is 4.74 Å². The fourth-order valence-corrected chi connectivity index (χ4v) is 4.13. The Balaban J connectivity index is 1.49. The quantitative estimate of drug-likeness (QED) is 0.864. The number of rotatable bonds is 4. The molecule has 2 aliphatic heterocycles. The molecule has 1 amide bonds. The maximum absolute atomic E-state index is 12.8. The average Bonchev–Trinajstić information content (AvgIpc) is 3.24. The van der Waals surface area contributed by atoms with Gasteiger partial charge in [-0.3, -0.25) is 4.79 Å². The highest BCUT2D eigenvalue weighted by Crippen LogP contribution is 2.59. The van der Waals surface area contributed by atoms with Gasteiger partial charge in [0, 0.05) is 25.6 Å². The normalized spacial score (nSPS) is 32.0. The van der Waals surface area contributed by atoms with Gasteiger partial charge in [-0.05, 0) is 63.5 Å². The molecule has 0 aromatic carbocycles. The van der Waals surface area contributed by atoms with Crippen LogP contribution < -0.4 is 5.32 Å². The van der Waals surface area contributed by atoms with Gasteiger partial charge in [-0.25, -0.2) is 0 Å². The van der Waals surface area contributed by atoms with Crippen LogP contribution in [0, 0.1) is 11.3 Å². The van der Waals surface area contributed by atoms with Gasteiger partial charge in [0.15, 0.2) is 0 Å². The second kappa shape index (κ2) is 6.66. The highest BCUT2D eigenvalue weighted by Gasteiger charge is 2.58. The van der Waals surface area contributed by atoms with Crippen LogP contribution >= 0.6 is 0 Å². The first kappa shape index (κ1) is 15.3. The number of ether oxygens (including phenoxy) is 1. The summed E-state index contributed by atoms with van der Waals surface area (Å²) < 4.78 is 5.88. The largest absolute Gasteiger partial charge is 0.378 e. The summed E-state index contributed by atoms with van der Waals surface area (Å²) in [5.41, 5.74) is 0.368. The molecule has 0 bridgehead atoms. The number of nitrogens with one attached hydrogen (secondary N) is 1. The molecular weight excluding hydrogens is 264 g/mol. The Morgan fingerprint density at radius 3 is 2.86 bits per heavy atom. The van der Waals surface area contributed by atoms with Crippen LogP contribution in [-0.2, 0) is 9.53 Å². The van der Waals surface area contributed by atoms with E-state index in [1.165, 1.54) is 12.8 Å². The number of carbonyl (C=O) groups is 1. The van der Waals surface area contributed by atoms with Crippen molar-refractivity contribution in [2.24, 2.45) is 11.3 Å². The minimum Gasteiger partial charge on any atom is -0.378 e. The van der Waals surface area contributed by atoms with Gasteiger partial charge in [0.2, 0.25) is 5.91 Å². The molecule has 1 saturated carbocycles. The number of piperidine rings is 1. The summed E-state index contributed by atoms with van der Waals surface area (Å²) in [4.78, 5) is 14.9. The maximum Gasteiger partial charge on any atom is 0.226 e. The van der Waals surface area contributed by atoms with Gasteiger partial charge in [-0.1, -0.05) is 6.92 Å². The molecule has 2 heterocycles. The summed E-state index contributed by atoms with van der Waals surface area (Å²) in [5.74, 6) is 0.765. The Morgan fingerprint density at radius 2 is 2.10 bits per heavy atom. The van der Waals surface area contributed by atoms with Crippen molar-refractivity contribution in [3.63, 3.8) is 0 Å². The maximum atomic E-state index is 12.8. The number of carbonyl (C=O) groups excluding carboxylic acids is 1. The van der Waals surface area contributed by atoms with Gasteiger partial charge in [0.25, 0.3) is 0 Å². The molecule has 3 aliphatic rings. The van der Waals surface area contributed by atoms with Gasteiger partial charge in [-0.2, -0.15) is 0 Å². The lowest BCUT2D eigenvalue weighted by Crippen LogP contribution is -2.37. The van der Waals surface area contributed by atoms with Gasteiger partial charge >= 0.3 is 0 Å². The van der Waals surface area contributed by atoms with Crippen LogP contribution in [0.1, 0.15) is 51.9 Å². The minimum atomic E-state index is 0.327. The fourth-order valence-electron chi connectivity index (χ4n) is 4.13. The molecule has 0 aromatic rings. The van der Waals surface area contributed by atoms with Crippen LogP contribution in [0.3, 0.4) is 0 Å². The Morgan fingerprint density at radius 1 is 1.29 bits per heavy atom. The molecule has 1 N–H and O–H groups in total. The van der Waals surface area contributed by atoms with Gasteiger partial charge < -0.3 is 15.0 Å². The number of nitrogens with zero attached hydrogens (tertiary/aromatic N) is 1. The monoisotopic (exact) mass is 294 g/mol. The zero-order valence-electron chi connectivity index (χ0n) is 13.4. The third kappa shape index (κ3) is 3.42. The Labute approximate surface area is 128 Å². The first-order valence-electron chi connectivity index (χ1n) is 8.86. The molecule has 21 heavy (non-hydrogen) atoms. The van der Waals surface area contributed by atoms with Crippen LogP contribution in [-0.4, -0.2) is 49.7 Å². The van der Waals surface area contributed by atoms with E-state index in [-0.39, 0.29) is 0 Å². The lowest BCUT2D eigenvalue weighted by atomic mass is 9.91. The van der Waals surface area contributed by atoms with Gasteiger partial charge in [-0.15, -0.1) is 0 Å². The molecule has 2 unspecified atom stereocenters. The van der Waals surface area contributed by atoms with Crippen molar-refractivity contribution in [1.82, 2.24) is 10.2 Å². The van der Waals surface area contributed by atoms with Crippen LogP contribution in [0.4, 0.5) is 0 Å². The zero-order valence-corrected chi connectivity index (χ0v) is 13.4. The number of hydrogen-bond acceptors (Lipinski definition) is 3. The van der Waals surface area contributed by atoms with E-state index >= 15 is 0 Å². The standard InChI is InChI=1S/C17H30N2O2/c1-2-12-21-14-4-3-10-19(11-5-14)16(20)15-13-17(15)6-8-18-9-7-17/h14-15,18H,2-13H2,1H3. The molecule has 2 atom stereocenters. The summed E-state index contributed by atoms with van der Waals surface area (Å²) in [6, 6.07) is 0. The third-order valence-electron chi connectivity index (χ3n) is 5.63. The molecule has 2 saturated heterocycles. The predicted octanol–water partition coefficient (Wildman–Crippen LogP) is 2.18. The lowest BCUT2D eigenvalue weighted by molar-refractivity contribution is -0.133. The molecular formula is C17H30N2O2. The Kier molecular flexibility index (Phi) is 4.85. The molecule has 1 aliphatic carbocycles. The van der Waals surface area contributed by atoms with Crippen molar-refractivity contribution >= 4 is 5.91 Å². The molecule has 0 radical (unpaired) electrons. The summed E-state index contributed by atoms with van der Waals surface area (Å²) in [5, 5.41) is 3.41. The van der Waals surface area contributed by atoms with E-state index < -0.39 is 0 Å². The van der Waals surface area contributed by atoms with Crippen molar-refractivity contribution in [2.45, 2.75) is 58.0 Å². The third-order valence-corrected chi connectivity index (χ3v) is 5.63. The molecule has 3 fully saturated rings. The van der Waals surface area contributed by atoms with Crippen molar-refractivity contribution in [3.05, 3.63) is 0 Å².